The quantitative estimate of drug-likeness (QED) is 0.715. The fourth-order valence-electron chi connectivity index (χ4n) is 4.80. The molecule has 1 aromatic rings. The van der Waals surface area contributed by atoms with E-state index < -0.39 is 0 Å². The maximum atomic E-state index is 13.5. The van der Waals surface area contributed by atoms with Crippen LogP contribution in [0.3, 0.4) is 0 Å². The number of likely N-dealkylation sites (N-methyl/N-ethyl adjacent to an activating group) is 1. The van der Waals surface area contributed by atoms with Crippen LogP contribution in [0.1, 0.15) is 44.6 Å². The monoisotopic (exact) mass is 397 g/mol. The summed E-state index contributed by atoms with van der Waals surface area (Å²) in [5, 5.41) is 0. The molecule has 0 unspecified atom stereocenters. The largest absolute Gasteiger partial charge is 0.497 e. The predicted molar refractivity (Wildman–Crippen MR) is 112 cm³/mol. The molecule has 6 nitrogen and oxygen atoms in total. The third kappa shape index (κ3) is 3.78. The van der Waals surface area contributed by atoms with Gasteiger partial charge < -0.3 is 14.5 Å². The Kier molecular flexibility index (Phi) is 5.90. The Morgan fingerprint density at radius 2 is 1.59 bits per heavy atom. The Morgan fingerprint density at radius 1 is 0.931 bits per heavy atom. The van der Waals surface area contributed by atoms with Gasteiger partial charge in [0.1, 0.15) is 11.4 Å². The van der Waals surface area contributed by atoms with E-state index in [4.69, 9.17) is 4.74 Å². The highest BCUT2D eigenvalue weighted by molar-refractivity contribution is 6.35. The molecule has 1 saturated carbocycles. The number of carbonyl (C=O) groups excluding carboxylic acids is 2. The lowest BCUT2D eigenvalue weighted by molar-refractivity contribution is -0.141. The summed E-state index contributed by atoms with van der Waals surface area (Å²) >= 11 is 0. The Labute approximate surface area is 173 Å². The SMILES string of the molecule is CCN1CCN(C2=C(c3ccc(OC)cc3)C(=O)N(C3CCCCC3)C2=O)CC1. The van der Waals surface area contributed by atoms with Gasteiger partial charge in [-0.2, -0.15) is 0 Å². The van der Waals surface area contributed by atoms with E-state index in [0.717, 1.165) is 69.7 Å². The molecule has 4 rings (SSSR count). The number of hydrogen-bond donors (Lipinski definition) is 0. The van der Waals surface area contributed by atoms with Crippen molar-refractivity contribution in [2.45, 2.75) is 45.1 Å². The minimum atomic E-state index is -0.125. The second kappa shape index (κ2) is 8.57. The zero-order valence-electron chi connectivity index (χ0n) is 17.5. The molecule has 2 aliphatic heterocycles. The van der Waals surface area contributed by atoms with Crippen LogP contribution in [0.5, 0.6) is 5.75 Å². The summed E-state index contributed by atoms with van der Waals surface area (Å²) in [5.41, 5.74) is 1.96. The van der Waals surface area contributed by atoms with Crippen LogP contribution in [-0.2, 0) is 9.59 Å². The Balaban J connectivity index is 1.70. The number of amides is 2. The molecule has 2 fully saturated rings. The lowest BCUT2D eigenvalue weighted by atomic mass is 9.94. The van der Waals surface area contributed by atoms with Crippen LogP contribution >= 0.6 is 0 Å². The van der Waals surface area contributed by atoms with Crippen molar-refractivity contribution >= 4 is 17.4 Å². The molecule has 2 amide bonds. The number of carbonyl (C=O) groups is 2. The molecule has 0 aromatic heterocycles. The first-order valence-corrected chi connectivity index (χ1v) is 10.9. The molecule has 0 atom stereocenters. The number of benzene rings is 1. The van der Waals surface area contributed by atoms with Gasteiger partial charge in [0.15, 0.2) is 0 Å². The minimum absolute atomic E-state index is 0.0337. The summed E-state index contributed by atoms with van der Waals surface area (Å²) in [4.78, 5) is 33.1. The van der Waals surface area contributed by atoms with Gasteiger partial charge in [0.25, 0.3) is 11.8 Å². The summed E-state index contributed by atoms with van der Waals surface area (Å²) < 4.78 is 5.27. The summed E-state index contributed by atoms with van der Waals surface area (Å²) in [6.45, 7) is 6.56. The van der Waals surface area contributed by atoms with E-state index in [-0.39, 0.29) is 17.9 Å². The fraction of sp³-hybridized carbons (Fsp3) is 0.565. The van der Waals surface area contributed by atoms with Gasteiger partial charge in [0.2, 0.25) is 0 Å². The summed E-state index contributed by atoms with van der Waals surface area (Å²) in [7, 11) is 1.63. The van der Waals surface area contributed by atoms with Crippen molar-refractivity contribution < 1.29 is 14.3 Å². The number of methoxy groups -OCH3 is 1. The van der Waals surface area contributed by atoms with Crippen molar-refractivity contribution in [1.82, 2.24) is 14.7 Å². The highest BCUT2D eigenvalue weighted by atomic mass is 16.5. The van der Waals surface area contributed by atoms with Gasteiger partial charge in [0.05, 0.1) is 12.7 Å². The van der Waals surface area contributed by atoms with Crippen LogP contribution in [0, 0.1) is 0 Å². The topological polar surface area (TPSA) is 53.1 Å². The number of imide groups is 1. The molecular formula is C23H31N3O3. The van der Waals surface area contributed by atoms with Crippen molar-refractivity contribution in [2.24, 2.45) is 0 Å². The number of hydrogen-bond acceptors (Lipinski definition) is 5. The van der Waals surface area contributed by atoms with Gasteiger partial charge in [0, 0.05) is 32.2 Å². The molecule has 1 aromatic carbocycles. The lowest BCUT2D eigenvalue weighted by Crippen LogP contribution is -2.48. The fourth-order valence-corrected chi connectivity index (χ4v) is 4.80. The van der Waals surface area contributed by atoms with E-state index >= 15 is 0 Å². The van der Waals surface area contributed by atoms with Gasteiger partial charge in [-0.05, 0) is 37.1 Å². The van der Waals surface area contributed by atoms with E-state index in [1.165, 1.54) is 6.42 Å². The summed E-state index contributed by atoms with van der Waals surface area (Å²) in [5.74, 6) is 0.519. The van der Waals surface area contributed by atoms with E-state index in [2.05, 4.69) is 16.7 Å². The first-order valence-electron chi connectivity index (χ1n) is 10.9. The van der Waals surface area contributed by atoms with Crippen LogP contribution in [-0.4, -0.2) is 72.4 Å². The molecule has 3 aliphatic rings. The lowest BCUT2D eigenvalue weighted by Gasteiger charge is -2.36. The molecule has 2 heterocycles. The molecule has 1 aliphatic carbocycles. The normalized spacial score (nSPS) is 22.0. The molecule has 29 heavy (non-hydrogen) atoms. The van der Waals surface area contributed by atoms with Gasteiger partial charge in [-0.1, -0.05) is 38.3 Å². The van der Waals surface area contributed by atoms with E-state index in [1.54, 1.807) is 12.0 Å². The minimum Gasteiger partial charge on any atom is -0.497 e. The maximum Gasteiger partial charge on any atom is 0.278 e. The van der Waals surface area contributed by atoms with Crippen LogP contribution < -0.4 is 4.74 Å². The average Bonchev–Trinajstić information content (AvgIpc) is 3.04. The van der Waals surface area contributed by atoms with Crippen molar-refractivity contribution in [3.05, 3.63) is 35.5 Å². The maximum absolute atomic E-state index is 13.5. The molecule has 0 radical (unpaired) electrons. The van der Waals surface area contributed by atoms with Gasteiger partial charge in [-0.3, -0.25) is 14.5 Å². The van der Waals surface area contributed by atoms with Crippen molar-refractivity contribution in [1.29, 1.82) is 0 Å². The Hall–Kier alpha value is -2.34. The van der Waals surface area contributed by atoms with Crippen molar-refractivity contribution in [2.75, 3.05) is 39.8 Å². The van der Waals surface area contributed by atoms with Crippen LogP contribution in [0.25, 0.3) is 5.57 Å². The second-order valence-corrected chi connectivity index (χ2v) is 8.15. The number of piperazine rings is 1. The second-order valence-electron chi connectivity index (χ2n) is 8.15. The number of rotatable bonds is 5. The first kappa shape index (κ1) is 20.0. The van der Waals surface area contributed by atoms with Crippen molar-refractivity contribution in [3.63, 3.8) is 0 Å². The van der Waals surface area contributed by atoms with Crippen LogP contribution in [0.4, 0.5) is 0 Å². The smallest absolute Gasteiger partial charge is 0.278 e. The number of ether oxygens (including phenoxy) is 1. The standard InChI is InChI=1S/C23H31N3O3/c1-3-24-13-15-25(16-14-24)21-20(17-9-11-19(29-2)12-10-17)22(27)26(23(21)28)18-7-5-4-6-8-18/h9-12,18H,3-8,13-16H2,1-2H3. The number of nitrogens with zero attached hydrogens (tertiary/aromatic N) is 3. The zero-order chi connectivity index (χ0) is 20.4. The molecule has 0 spiro atoms. The highest BCUT2D eigenvalue weighted by Gasteiger charge is 2.45. The Morgan fingerprint density at radius 3 is 2.17 bits per heavy atom. The van der Waals surface area contributed by atoms with Crippen LogP contribution in [0.2, 0.25) is 0 Å². The summed E-state index contributed by atoms with van der Waals surface area (Å²) in [6, 6.07) is 7.54. The summed E-state index contributed by atoms with van der Waals surface area (Å²) in [6.07, 6.45) is 5.21. The average molecular weight is 398 g/mol. The Bertz CT molecular complexity index is 788. The molecule has 1 saturated heterocycles. The zero-order valence-corrected chi connectivity index (χ0v) is 17.5. The first-order chi connectivity index (χ1) is 14.1. The van der Waals surface area contributed by atoms with E-state index in [0.29, 0.717) is 11.3 Å². The van der Waals surface area contributed by atoms with Crippen LogP contribution in [0.15, 0.2) is 30.0 Å². The van der Waals surface area contributed by atoms with E-state index in [9.17, 15) is 9.59 Å². The molecule has 156 valence electrons. The third-order valence-electron chi connectivity index (χ3n) is 6.55. The van der Waals surface area contributed by atoms with Crippen molar-refractivity contribution in [3.8, 4) is 5.75 Å². The molecular weight excluding hydrogens is 366 g/mol. The third-order valence-corrected chi connectivity index (χ3v) is 6.55. The van der Waals surface area contributed by atoms with E-state index in [1.807, 2.05) is 24.3 Å². The van der Waals surface area contributed by atoms with Gasteiger partial charge in [-0.15, -0.1) is 0 Å². The highest BCUT2D eigenvalue weighted by Crippen LogP contribution is 2.36. The molecule has 0 N–H and O–H groups in total. The van der Waals surface area contributed by atoms with Gasteiger partial charge in [-0.25, -0.2) is 0 Å². The molecule has 6 heteroatoms. The van der Waals surface area contributed by atoms with Gasteiger partial charge >= 0.3 is 0 Å². The predicted octanol–water partition coefficient (Wildman–Crippen LogP) is 2.75. The molecule has 0 bridgehead atoms.